The number of carbonyl (C=O) groups excluding carboxylic acids is 2. The highest BCUT2D eigenvalue weighted by atomic mass is 19.3. The Hall–Kier alpha value is -3.77. The normalized spacial score (nSPS) is 18.7. The van der Waals surface area contributed by atoms with Crippen LogP contribution in [0.3, 0.4) is 0 Å². The Labute approximate surface area is 234 Å². The smallest absolute Gasteiger partial charge is 0.388 e. The topological polar surface area (TPSA) is 111 Å². The van der Waals surface area contributed by atoms with Crippen LogP contribution in [-0.2, 0) is 4.79 Å². The minimum absolute atomic E-state index is 0.0246. The van der Waals surface area contributed by atoms with Crippen LogP contribution in [-0.4, -0.2) is 43.9 Å². The van der Waals surface area contributed by atoms with E-state index >= 15 is 0 Å². The molecule has 0 unspecified atom stereocenters. The zero-order valence-corrected chi connectivity index (χ0v) is 22.5. The van der Waals surface area contributed by atoms with Crippen LogP contribution in [0.25, 0.3) is 5.65 Å². The number of ether oxygens (including phenoxy) is 1. The Morgan fingerprint density at radius 2 is 1.83 bits per heavy atom. The molecule has 3 heterocycles. The lowest BCUT2D eigenvalue weighted by Gasteiger charge is -2.33. The summed E-state index contributed by atoms with van der Waals surface area (Å²) in [7, 11) is 0. The van der Waals surface area contributed by atoms with Gasteiger partial charge in [0.2, 0.25) is 17.7 Å². The van der Waals surface area contributed by atoms with Gasteiger partial charge in [-0.25, -0.2) is 23.3 Å². The van der Waals surface area contributed by atoms with E-state index in [1.165, 1.54) is 12.3 Å². The van der Waals surface area contributed by atoms with E-state index in [1.807, 2.05) is 13.0 Å². The third kappa shape index (κ3) is 7.12. The van der Waals surface area contributed by atoms with Gasteiger partial charge in [0.25, 0.3) is 5.91 Å². The van der Waals surface area contributed by atoms with E-state index in [2.05, 4.69) is 25.5 Å². The maximum absolute atomic E-state index is 14.0. The summed E-state index contributed by atoms with van der Waals surface area (Å²) in [4.78, 5) is 33.9. The van der Waals surface area contributed by atoms with Gasteiger partial charge in [0.15, 0.2) is 5.65 Å². The zero-order valence-electron chi connectivity index (χ0n) is 22.5. The van der Waals surface area contributed by atoms with Crippen molar-refractivity contribution in [3.63, 3.8) is 0 Å². The number of aromatic nitrogens is 4. The minimum atomic E-state index is -3.10. The maximum Gasteiger partial charge on any atom is 0.388 e. The van der Waals surface area contributed by atoms with Crippen molar-refractivity contribution in [3.8, 4) is 5.88 Å². The van der Waals surface area contributed by atoms with Crippen LogP contribution < -0.4 is 15.4 Å². The number of fused-ring (bicyclic) bond motifs is 1. The summed E-state index contributed by atoms with van der Waals surface area (Å²) >= 11 is 0. The molecule has 0 spiro atoms. The molecule has 2 fully saturated rings. The van der Waals surface area contributed by atoms with Crippen molar-refractivity contribution in [1.29, 1.82) is 0 Å². The van der Waals surface area contributed by atoms with Gasteiger partial charge in [-0.15, -0.1) is 0 Å². The predicted octanol–water partition coefficient (Wildman–Crippen LogP) is 5.39. The minimum Gasteiger partial charge on any atom is -0.417 e. The summed E-state index contributed by atoms with van der Waals surface area (Å²) in [5, 5.41) is 10.5. The van der Waals surface area contributed by atoms with Crippen LogP contribution in [0.4, 0.5) is 17.6 Å². The van der Waals surface area contributed by atoms with E-state index < -0.39 is 30.4 Å². The lowest BCUT2D eigenvalue weighted by Crippen LogP contribution is -2.37. The lowest BCUT2D eigenvalue weighted by molar-refractivity contribution is -0.122. The summed E-state index contributed by atoms with van der Waals surface area (Å²) < 4.78 is 59.1. The zero-order chi connectivity index (χ0) is 29.1. The fraction of sp³-hybridized carbons (Fsp3) is 0.536. The molecular weight excluding hydrogens is 544 g/mol. The van der Waals surface area contributed by atoms with Crippen molar-refractivity contribution >= 4 is 17.5 Å². The third-order valence-electron chi connectivity index (χ3n) is 7.65. The monoisotopic (exact) mass is 576 g/mol. The highest BCUT2D eigenvalue weighted by Gasteiger charge is 2.39. The molecule has 41 heavy (non-hydrogen) atoms. The molecule has 3 aromatic heterocycles. The van der Waals surface area contributed by atoms with Crippen LogP contribution in [0, 0.1) is 11.8 Å². The van der Waals surface area contributed by atoms with Crippen molar-refractivity contribution in [2.24, 2.45) is 11.8 Å². The van der Waals surface area contributed by atoms with Crippen LogP contribution in [0.5, 0.6) is 5.88 Å². The number of nitrogens with one attached hydrogen (secondary N) is 2. The molecule has 220 valence electrons. The molecular formula is C28H32F4N6O3. The first-order chi connectivity index (χ1) is 19.6. The Bertz CT molecular complexity index is 1390. The number of alkyl halides is 4. The molecule has 0 saturated heterocycles. The number of rotatable bonds is 11. The van der Waals surface area contributed by atoms with Crippen molar-refractivity contribution in [2.75, 3.05) is 0 Å². The van der Waals surface area contributed by atoms with Gasteiger partial charge in [-0.2, -0.15) is 13.9 Å². The molecule has 2 saturated carbocycles. The Morgan fingerprint density at radius 1 is 1.10 bits per heavy atom. The van der Waals surface area contributed by atoms with E-state index in [0.29, 0.717) is 23.7 Å². The average Bonchev–Trinajstić information content (AvgIpc) is 3.68. The van der Waals surface area contributed by atoms with E-state index in [9.17, 15) is 27.2 Å². The van der Waals surface area contributed by atoms with E-state index in [0.717, 1.165) is 30.9 Å². The van der Waals surface area contributed by atoms with Gasteiger partial charge in [0, 0.05) is 37.1 Å². The van der Waals surface area contributed by atoms with Gasteiger partial charge in [-0.05, 0) is 61.6 Å². The summed E-state index contributed by atoms with van der Waals surface area (Å²) in [6, 6.07) is 3.37. The van der Waals surface area contributed by atoms with Crippen molar-refractivity contribution < 1.29 is 31.9 Å². The molecule has 2 aliphatic carbocycles. The molecule has 0 aliphatic heterocycles. The Balaban J connectivity index is 1.42. The maximum atomic E-state index is 14.0. The molecule has 2 N–H and O–H groups in total. The summed E-state index contributed by atoms with van der Waals surface area (Å²) in [6.45, 7) is -1.16. The fourth-order valence-electron chi connectivity index (χ4n) is 5.37. The average molecular weight is 577 g/mol. The summed E-state index contributed by atoms with van der Waals surface area (Å²) in [5.74, 6) is -3.83. The van der Waals surface area contributed by atoms with Gasteiger partial charge in [0.1, 0.15) is 0 Å². The fourth-order valence-corrected chi connectivity index (χ4v) is 5.37. The molecule has 5 rings (SSSR count). The Kier molecular flexibility index (Phi) is 8.41. The highest BCUT2D eigenvalue weighted by molar-refractivity contribution is 5.94. The highest BCUT2D eigenvalue weighted by Crippen LogP contribution is 2.43. The molecule has 2 amide bonds. The molecule has 2 atom stereocenters. The van der Waals surface area contributed by atoms with Crippen molar-refractivity contribution in [1.82, 2.24) is 30.2 Å². The second kappa shape index (κ2) is 12.0. The molecule has 9 nitrogen and oxygen atoms in total. The quantitative estimate of drug-likeness (QED) is 0.296. The number of carbonyl (C=O) groups is 2. The number of amides is 2. The molecule has 0 bridgehead atoms. The number of pyridine rings is 1. The lowest BCUT2D eigenvalue weighted by atomic mass is 9.81. The standard InChI is InChI=1S/C28H32F4N6O3/c1-2-3-22(39)36-24(16-4-5-16)19-12-21-35-20(15-38(21)34-14-19)25(17-6-9-28(31,32)10-7-17)37-26(40)18-8-11-33-23(13-18)41-27(29)30/h8,11-17,24-25,27H,2-7,9-10H2,1H3,(H,36,39)(H,37,40)/t24-,25+/m1/s1. The van der Waals surface area contributed by atoms with Gasteiger partial charge < -0.3 is 15.4 Å². The first-order valence-corrected chi connectivity index (χ1v) is 13.9. The number of halogens is 4. The Morgan fingerprint density at radius 3 is 2.51 bits per heavy atom. The van der Waals surface area contributed by atoms with Gasteiger partial charge in [-0.1, -0.05) is 6.92 Å². The molecule has 0 aromatic carbocycles. The van der Waals surface area contributed by atoms with Crippen LogP contribution in [0.2, 0.25) is 0 Å². The van der Waals surface area contributed by atoms with Crippen LogP contribution >= 0.6 is 0 Å². The van der Waals surface area contributed by atoms with E-state index in [4.69, 9.17) is 4.98 Å². The van der Waals surface area contributed by atoms with Crippen LogP contribution in [0.15, 0.2) is 36.8 Å². The second-order valence-corrected chi connectivity index (χ2v) is 10.8. The second-order valence-electron chi connectivity index (χ2n) is 10.8. The number of hydrogen-bond acceptors (Lipinski definition) is 6. The first kappa shape index (κ1) is 28.7. The third-order valence-corrected chi connectivity index (χ3v) is 7.65. The van der Waals surface area contributed by atoms with Gasteiger partial charge in [0.05, 0.1) is 30.2 Å². The van der Waals surface area contributed by atoms with Gasteiger partial charge >= 0.3 is 6.61 Å². The van der Waals surface area contributed by atoms with Crippen LogP contribution in [0.1, 0.15) is 92.0 Å². The number of imidazole rings is 1. The number of hydrogen-bond donors (Lipinski definition) is 2. The molecule has 2 aliphatic rings. The van der Waals surface area contributed by atoms with Crippen molar-refractivity contribution in [2.45, 2.75) is 82.9 Å². The van der Waals surface area contributed by atoms with E-state index in [-0.39, 0.29) is 49.1 Å². The molecule has 13 heteroatoms. The first-order valence-electron chi connectivity index (χ1n) is 13.9. The molecule has 3 aromatic rings. The largest absolute Gasteiger partial charge is 0.417 e. The summed E-state index contributed by atoms with van der Waals surface area (Å²) in [5.41, 5.74) is 1.78. The number of nitrogens with zero attached hydrogens (tertiary/aromatic N) is 4. The molecule has 0 radical (unpaired) electrons. The van der Waals surface area contributed by atoms with Crippen molar-refractivity contribution in [3.05, 3.63) is 53.6 Å². The SMILES string of the molecule is CCCC(=O)N[C@@H](c1cnn2cc([C@@H](NC(=O)c3ccnc(OC(F)F)c3)C3CCC(F)(F)CC3)nc2c1)C1CC1. The summed E-state index contributed by atoms with van der Waals surface area (Å²) in [6.07, 6.45) is 7.37. The van der Waals surface area contributed by atoms with Gasteiger partial charge in [-0.3, -0.25) is 9.59 Å². The predicted molar refractivity (Wildman–Crippen MR) is 139 cm³/mol. The van der Waals surface area contributed by atoms with E-state index in [1.54, 1.807) is 16.9 Å².